The zero-order valence-corrected chi connectivity index (χ0v) is 10.9. The highest BCUT2D eigenvalue weighted by Gasteiger charge is 2.15. The van der Waals surface area contributed by atoms with Crippen LogP contribution >= 0.6 is 23.4 Å². The second kappa shape index (κ2) is 6.41. The number of benzene rings is 1. The van der Waals surface area contributed by atoms with Gasteiger partial charge in [0.05, 0.1) is 5.94 Å². The van der Waals surface area contributed by atoms with E-state index < -0.39 is 0 Å². The average molecular weight is 245 g/mol. The second-order valence-corrected chi connectivity index (χ2v) is 5.30. The highest BCUT2D eigenvalue weighted by Crippen LogP contribution is 2.35. The number of halogens is 1. The highest BCUT2D eigenvalue weighted by molar-refractivity contribution is 7.99. The Morgan fingerprint density at radius 3 is 2.33 bits per heavy atom. The predicted molar refractivity (Wildman–Crippen MR) is 68.5 cm³/mol. The normalized spacial score (nSPS) is 13.1. The number of hydrogen-bond acceptors (Lipinski definition) is 2. The molecule has 15 heavy (non-hydrogen) atoms. The van der Waals surface area contributed by atoms with Gasteiger partial charge in [0, 0.05) is 17.4 Å². The first kappa shape index (κ1) is 12.9. The van der Waals surface area contributed by atoms with Gasteiger partial charge in [0.15, 0.2) is 0 Å². The van der Waals surface area contributed by atoms with Crippen molar-refractivity contribution in [3.05, 3.63) is 34.9 Å². The van der Waals surface area contributed by atoms with Crippen molar-refractivity contribution < 1.29 is 4.74 Å². The summed E-state index contributed by atoms with van der Waals surface area (Å²) in [5.74, 6) is 1.32. The van der Waals surface area contributed by atoms with E-state index in [1.54, 1.807) is 7.11 Å². The number of methoxy groups -OCH3 is 1. The van der Waals surface area contributed by atoms with E-state index in [1.165, 1.54) is 5.56 Å². The van der Waals surface area contributed by atoms with Crippen LogP contribution in [0, 0.1) is 5.92 Å². The van der Waals surface area contributed by atoms with Crippen LogP contribution in [0.3, 0.4) is 0 Å². The fraction of sp³-hybridized carbons (Fsp3) is 0.500. The van der Waals surface area contributed by atoms with E-state index >= 15 is 0 Å². The standard InChI is InChI=1S/C12H17ClOS/c1-9(2)12(15-8-14-3)10-4-6-11(13)7-5-10/h4-7,9,12H,8H2,1-3H3. The maximum Gasteiger partial charge on any atom is 0.0923 e. The van der Waals surface area contributed by atoms with Crippen molar-refractivity contribution in [1.29, 1.82) is 0 Å². The van der Waals surface area contributed by atoms with Gasteiger partial charge in [0.2, 0.25) is 0 Å². The first-order chi connectivity index (χ1) is 7.15. The van der Waals surface area contributed by atoms with Gasteiger partial charge in [-0.1, -0.05) is 37.6 Å². The van der Waals surface area contributed by atoms with Crippen molar-refractivity contribution in [2.75, 3.05) is 13.0 Å². The molecule has 0 N–H and O–H groups in total. The van der Waals surface area contributed by atoms with E-state index in [2.05, 4.69) is 26.0 Å². The molecule has 0 saturated heterocycles. The van der Waals surface area contributed by atoms with Crippen LogP contribution in [-0.4, -0.2) is 13.0 Å². The molecule has 1 rings (SSSR count). The molecule has 0 aliphatic rings. The zero-order chi connectivity index (χ0) is 11.3. The molecule has 0 heterocycles. The lowest BCUT2D eigenvalue weighted by Crippen LogP contribution is -2.04. The molecule has 1 atom stereocenters. The molecule has 0 radical (unpaired) electrons. The van der Waals surface area contributed by atoms with Crippen molar-refractivity contribution in [2.45, 2.75) is 19.1 Å². The topological polar surface area (TPSA) is 9.23 Å². The van der Waals surface area contributed by atoms with E-state index in [0.29, 0.717) is 11.2 Å². The zero-order valence-electron chi connectivity index (χ0n) is 9.37. The molecule has 84 valence electrons. The molecule has 1 aromatic rings. The van der Waals surface area contributed by atoms with Crippen LogP contribution in [0.4, 0.5) is 0 Å². The summed E-state index contributed by atoms with van der Waals surface area (Å²) in [5, 5.41) is 1.26. The van der Waals surface area contributed by atoms with Crippen LogP contribution in [-0.2, 0) is 4.74 Å². The summed E-state index contributed by atoms with van der Waals surface area (Å²) in [6.45, 7) is 4.45. The number of rotatable bonds is 5. The molecule has 0 aliphatic heterocycles. The monoisotopic (exact) mass is 244 g/mol. The van der Waals surface area contributed by atoms with Gasteiger partial charge in [-0.3, -0.25) is 0 Å². The van der Waals surface area contributed by atoms with Gasteiger partial charge in [0.25, 0.3) is 0 Å². The molecule has 0 aliphatic carbocycles. The van der Waals surface area contributed by atoms with Gasteiger partial charge in [0.1, 0.15) is 0 Å². The largest absolute Gasteiger partial charge is 0.374 e. The van der Waals surface area contributed by atoms with Crippen LogP contribution in [0.5, 0.6) is 0 Å². The predicted octanol–water partition coefficient (Wildman–Crippen LogP) is 4.37. The lowest BCUT2D eigenvalue weighted by molar-refractivity contribution is 0.258. The first-order valence-electron chi connectivity index (χ1n) is 5.01. The van der Waals surface area contributed by atoms with E-state index in [-0.39, 0.29) is 0 Å². The van der Waals surface area contributed by atoms with Crippen molar-refractivity contribution >= 4 is 23.4 Å². The Hall–Kier alpha value is -0.180. The number of ether oxygens (including phenoxy) is 1. The van der Waals surface area contributed by atoms with Crippen LogP contribution in [0.15, 0.2) is 24.3 Å². The van der Waals surface area contributed by atoms with Crippen molar-refractivity contribution in [3.63, 3.8) is 0 Å². The average Bonchev–Trinajstić information content (AvgIpc) is 2.21. The quantitative estimate of drug-likeness (QED) is 0.712. The lowest BCUT2D eigenvalue weighted by atomic mass is 10.0. The number of thioether (sulfide) groups is 1. The van der Waals surface area contributed by atoms with Gasteiger partial charge < -0.3 is 4.74 Å². The Labute approximate surface area is 101 Å². The number of hydrogen-bond donors (Lipinski definition) is 0. The van der Waals surface area contributed by atoms with Gasteiger partial charge in [-0.2, -0.15) is 0 Å². The fourth-order valence-electron chi connectivity index (χ4n) is 1.47. The molecule has 0 bridgehead atoms. The van der Waals surface area contributed by atoms with E-state index in [9.17, 15) is 0 Å². The molecular formula is C12H17ClOS. The summed E-state index contributed by atoms with van der Waals surface area (Å²) in [5.41, 5.74) is 1.32. The van der Waals surface area contributed by atoms with Gasteiger partial charge in [-0.25, -0.2) is 0 Å². The molecule has 1 aromatic carbocycles. The fourth-order valence-corrected chi connectivity index (χ4v) is 2.61. The Kier molecular flexibility index (Phi) is 5.51. The van der Waals surface area contributed by atoms with Gasteiger partial charge in [-0.05, 0) is 23.6 Å². The summed E-state index contributed by atoms with van der Waals surface area (Å²) >= 11 is 7.69. The third kappa shape index (κ3) is 4.06. The molecule has 3 heteroatoms. The summed E-state index contributed by atoms with van der Waals surface area (Å²) in [6, 6.07) is 8.07. The first-order valence-corrected chi connectivity index (χ1v) is 6.44. The maximum atomic E-state index is 5.87. The Morgan fingerprint density at radius 2 is 1.87 bits per heavy atom. The third-order valence-corrected chi connectivity index (χ3v) is 3.97. The smallest absolute Gasteiger partial charge is 0.0923 e. The van der Waals surface area contributed by atoms with Crippen molar-refractivity contribution in [1.82, 2.24) is 0 Å². The van der Waals surface area contributed by atoms with Crippen LogP contribution < -0.4 is 0 Å². The van der Waals surface area contributed by atoms with E-state index in [4.69, 9.17) is 16.3 Å². The molecule has 0 amide bonds. The minimum Gasteiger partial charge on any atom is -0.374 e. The third-order valence-electron chi connectivity index (χ3n) is 2.17. The van der Waals surface area contributed by atoms with Crippen LogP contribution in [0.1, 0.15) is 24.7 Å². The highest BCUT2D eigenvalue weighted by atomic mass is 35.5. The van der Waals surface area contributed by atoms with Gasteiger partial charge >= 0.3 is 0 Å². The van der Waals surface area contributed by atoms with Crippen LogP contribution in [0.2, 0.25) is 5.02 Å². The Morgan fingerprint density at radius 1 is 1.27 bits per heavy atom. The molecule has 0 saturated carbocycles. The molecule has 0 aromatic heterocycles. The van der Waals surface area contributed by atoms with E-state index in [1.807, 2.05) is 23.9 Å². The second-order valence-electron chi connectivity index (χ2n) is 3.79. The summed E-state index contributed by atoms with van der Waals surface area (Å²) in [7, 11) is 1.73. The summed E-state index contributed by atoms with van der Waals surface area (Å²) < 4.78 is 5.10. The summed E-state index contributed by atoms with van der Waals surface area (Å²) in [4.78, 5) is 0. The molecule has 0 fully saturated rings. The molecule has 1 nitrogen and oxygen atoms in total. The minimum absolute atomic E-state index is 0.474. The van der Waals surface area contributed by atoms with E-state index in [0.717, 1.165) is 11.0 Å². The molecule has 0 spiro atoms. The molecular weight excluding hydrogens is 228 g/mol. The van der Waals surface area contributed by atoms with Crippen LogP contribution in [0.25, 0.3) is 0 Å². The Balaban J connectivity index is 2.74. The molecule has 1 unspecified atom stereocenters. The maximum absolute atomic E-state index is 5.87. The lowest BCUT2D eigenvalue weighted by Gasteiger charge is -2.20. The van der Waals surface area contributed by atoms with Crippen molar-refractivity contribution in [3.8, 4) is 0 Å². The van der Waals surface area contributed by atoms with Gasteiger partial charge in [-0.15, -0.1) is 11.8 Å². The Bertz CT molecular complexity index is 284. The SMILES string of the molecule is COCSC(c1ccc(Cl)cc1)C(C)C. The summed E-state index contributed by atoms with van der Waals surface area (Å²) in [6.07, 6.45) is 0. The van der Waals surface area contributed by atoms with Crippen molar-refractivity contribution in [2.24, 2.45) is 5.92 Å². The minimum atomic E-state index is 0.474.